The van der Waals surface area contributed by atoms with Gasteiger partial charge in [0.05, 0.1) is 0 Å². The molecule has 0 radical (unpaired) electrons. The van der Waals surface area contributed by atoms with E-state index in [1.54, 1.807) is 13.0 Å². The maximum absolute atomic E-state index is 12.1. The Morgan fingerprint density at radius 1 is 0.917 bits per heavy atom. The summed E-state index contributed by atoms with van der Waals surface area (Å²) in [7, 11) is 0. The fourth-order valence-electron chi connectivity index (χ4n) is 2.26. The van der Waals surface area contributed by atoms with Crippen molar-refractivity contribution in [3.05, 3.63) is 71.5 Å². The minimum absolute atomic E-state index is 0.164. The smallest absolute Gasteiger partial charge is 0.308 e. The summed E-state index contributed by atoms with van der Waals surface area (Å²) >= 11 is 5.86. The predicted molar refractivity (Wildman–Crippen MR) is 96.3 cm³/mol. The van der Waals surface area contributed by atoms with Gasteiger partial charge >= 0.3 is 6.03 Å². The highest BCUT2D eigenvalue weighted by molar-refractivity contribution is 6.29. The zero-order chi connectivity index (χ0) is 16.9. The molecule has 0 atom stereocenters. The minimum Gasteiger partial charge on any atom is -0.308 e. The van der Waals surface area contributed by atoms with Gasteiger partial charge in [0.2, 0.25) is 5.95 Å². The van der Waals surface area contributed by atoms with E-state index in [-0.39, 0.29) is 11.1 Å². The lowest BCUT2D eigenvalue weighted by Crippen LogP contribution is -2.21. The number of rotatable bonds is 3. The first-order chi connectivity index (χ1) is 11.6. The zero-order valence-corrected chi connectivity index (χ0v) is 13.7. The Morgan fingerprint density at radius 3 is 2.42 bits per heavy atom. The van der Waals surface area contributed by atoms with Crippen molar-refractivity contribution in [2.24, 2.45) is 0 Å². The molecule has 0 unspecified atom stereocenters. The van der Waals surface area contributed by atoms with Gasteiger partial charge in [-0.2, -0.15) is 0 Å². The minimum atomic E-state index is -0.429. The summed E-state index contributed by atoms with van der Waals surface area (Å²) in [6, 6.07) is 18.7. The van der Waals surface area contributed by atoms with E-state index in [9.17, 15) is 4.79 Å². The second-order valence-electron chi connectivity index (χ2n) is 5.18. The van der Waals surface area contributed by atoms with Crippen molar-refractivity contribution in [3.63, 3.8) is 0 Å². The maximum atomic E-state index is 12.1. The number of nitrogens with zero attached hydrogens (tertiary/aromatic N) is 2. The topological polar surface area (TPSA) is 66.9 Å². The fraction of sp³-hybridized carbons (Fsp3) is 0.0556. The van der Waals surface area contributed by atoms with Gasteiger partial charge in [-0.05, 0) is 36.2 Å². The molecule has 0 aliphatic rings. The second-order valence-corrected chi connectivity index (χ2v) is 5.57. The Labute approximate surface area is 144 Å². The van der Waals surface area contributed by atoms with Crippen LogP contribution < -0.4 is 10.6 Å². The van der Waals surface area contributed by atoms with Gasteiger partial charge in [0, 0.05) is 11.4 Å². The molecule has 0 bridgehead atoms. The van der Waals surface area contributed by atoms with Gasteiger partial charge in [0.1, 0.15) is 5.15 Å². The van der Waals surface area contributed by atoms with Gasteiger partial charge in [-0.3, -0.25) is 5.32 Å². The molecule has 3 aromatic rings. The summed E-state index contributed by atoms with van der Waals surface area (Å²) in [4.78, 5) is 20.2. The quantitative estimate of drug-likeness (QED) is 0.677. The molecule has 2 amide bonds. The van der Waals surface area contributed by atoms with E-state index in [0.29, 0.717) is 11.4 Å². The molecule has 0 spiro atoms. The number of hydrogen-bond donors (Lipinski definition) is 2. The molecule has 0 aliphatic heterocycles. The summed E-state index contributed by atoms with van der Waals surface area (Å²) in [6.45, 7) is 1.78. The lowest BCUT2D eigenvalue weighted by Gasteiger charge is -2.09. The third-order valence-corrected chi connectivity index (χ3v) is 3.47. The van der Waals surface area contributed by atoms with Crippen LogP contribution >= 0.6 is 11.6 Å². The lowest BCUT2D eigenvalue weighted by atomic mass is 10.1. The normalized spacial score (nSPS) is 10.2. The molecule has 3 rings (SSSR count). The molecule has 120 valence electrons. The van der Waals surface area contributed by atoms with E-state index in [2.05, 4.69) is 20.6 Å². The number of urea groups is 1. The summed E-state index contributed by atoms with van der Waals surface area (Å²) in [6.07, 6.45) is 0. The number of carbonyl (C=O) groups is 1. The summed E-state index contributed by atoms with van der Waals surface area (Å²) in [5, 5.41) is 5.62. The highest BCUT2D eigenvalue weighted by atomic mass is 35.5. The molecule has 1 heterocycles. The van der Waals surface area contributed by atoms with Crippen molar-refractivity contribution in [1.82, 2.24) is 9.97 Å². The zero-order valence-electron chi connectivity index (χ0n) is 13.0. The molecule has 0 aliphatic carbocycles. The Morgan fingerprint density at radius 2 is 1.67 bits per heavy atom. The monoisotopic (exact) mass is 338 g/mol. The number of aromatic nitrogens is 2. The largest absolute Gasteiger partial charge is 0.326 e. The predicted octanol–water partition coefficient (Wildman–Crippen LogP) is 4.75. The number of nitrogens with one attached hydrogen (secondary N) is 2. The molecule has 2 N–H and O–H groups in total. The molecule has 0 saturated carbocycles. The summed E-state index contributed by atoms with van der Waals surface area (Å²) in [5.41, 5.74) is 3.45. The van der Waals surface area contributed by atoms with Crippen molar-refractivity contribution < 1.29 is 4.79 Å². The van der Waals surface area contributed by atoms with Crippen LogP contribution in [0.1, 0.15) is 5.69 Å². The maximum Gasteiger partial charge on any atom is 0.326 e. The molecule has 6 heteroatoms. The average molecular weight is 339 g/mol. The van der Waals surface area contributed by atoms with E-state index < -0.39 is 6.03 Å². The van der Waals surface area contributed by atoms with Gasteiger partial charge in [-0.15, -0.1) is 0 Å². The molecular weight excluding hydrogens is 324 g/mol. The molecular formula is C18H15ClN4O. The first-order valence-electron chi connectivity index (χ1n) is 7.35. The van der Waals surface area contributed by atoms with Crippen LogP contribution in [-0.4, -0.2) is 16.0 Å². The van der Waals surface area contributed by atoms with E-state index in [1.165, 1.54) is 0 Å². The number of carbonyl (C=O) groups excluding carboxylic acids is 1. The van der Waals surface area contributed by atoms with Crippen LogP contribution in [0.5, 0.6) is 0 Å². The number of benzene rings is 2. The van der Waals surface area contributed by atoms with Gasteiger partial charge in [-0.1, -0.05) is 54.1 Å². The number of hydrogen-bond acceptors (Lipinski definition) is 3. The van der Waals surface area contributed by atoms with Crippen molar-refractivity contribution in [1.29, 1.82) is 0 Å². The highest BCUT2D eigenvalue weighted by Gasteiger charge is 2.07. The van der Waals surface area contributed by atoms with Crippen LogP contribution in [0.15, 0.2) is 60.7 Å². The van der Waals surface area contributed by atoms with Gasteiger partial charge in [-0.25, -0.2) is 14.8 Å². The molecule has 5 nitrogen and oxygen atoms in total. The van der Waals surface area contributed by atoms with Crippen LogP contribution in [0.4, 0.5) is 16.4 Å². The Kier molecular flexibility index (Phi) is 4.72. The van der Waals surface area contributed by atoms with Gasteiger partial charge < -0.3 is 5.32 Å². The van der Waals surface area contributed by atoms with Crippen LogP contribution in [0.25, 0.3) is 11.1 Å². The van der Waals surface area contributed by atoms with Crippen molar-refractivity contribution in [3.8, 4) is 11.1 Å². The average Bonchev–Trinajstić information content (AvgIpc) is 2.55. The van der Waals surface area contributed by atoms with E-state index >= 15 is 0 Å². The van der Waals surface area contributed by atoms with Crippen LogP contribution in [0.2, 0.25) is 5.15 Å². The third kappa shape index (κ3) is 4.08. The molecule has 0 saturated heterocycles. The van der Waals surface area contributed by atoms with Crippen LogP contribution in [0.3, 0.4) is 0 Å². The number of aryl methyl sites for hydroxylation is 1. The Hall–Kier alpha value is -2.92. The molecule has 0 fully saturated rings. The third-order valence-electron chi connectivity index (χ3n) is 3.28. The van der Waals surface area contributed by atoms with Crippen molar-refractivity contribution >= 4 is 29.3 Å². The standard InChI is InChI=1S/C18H15ClN4O/c1-12-10-16(19)22-17(20-12)23-18(24)21-15-9-5-8-14(11-15)13-6-3-2-4-7-13/h2-11H,1H3,(H2,20,21,22,23,24). The number of anilines is 2. The lowest BCUT2D eigenvalue weighted by molar-refractivity contribution is 0.262. The number of amides is 2. The van der Waals surface area contributed by atoms with E-state index in [4.69, 9.17) is 11.6 Å². The van der Waals surface area contributed by atoms with E-state index in [1.807, 2.05) is 54.6 Å². The van der Waals surface area contributed by atoms with Gasteiger partial charge in [0.25, 0.3) is 0 Å². The Balaban J connectivity index is 1.73. The van der Waals surface area contributed by atoms with Crippen molar-refractivity contribution in [2.45, 2.75) is 6.92 Å². The SMILES string of the molecule is Cc1cc(Cl)nc(NC(=O)Nc2cccc(-c3ccccc3)c2)n1. The second kappa shape index (κ2) is 7.10. The molecule has 24 heavy (non-hydrogen) atoms. The summed E-state index contributed by atoms with van der Waals surface area (Å²) in [5.74, 6) is 0.164. The molecule has 2 aromatic carbocycles. The first-order valence-corrected chi connectivity index (χ1v) is 7.72. The van der Waals surface area contributed by atoms with E-state index in [0.717, 1.165) is 11.1 Å². The van der Waals surface area contributed by atoms with Crippen LogP contribution in [0, 0.1) is 6.92 Å². The Bertz CT molecular complexity index is 848. The molecule has 1 aromatic heterocycles. The highest BCUT2D eigenvalue weighted by Crippen LogP contribution is 2.22. The fourth-order valence-corrected chi connectivity index (χ4v) is 2.49. The van der Waals surface area contributed by atoms with Crippen molar-refractivity contribution in [2.75, 3.05) is 10.6 Å². The first kappa shape index (κ1) is 16.0. The summed E-state index contributed by atoms with van der Waals surface area (Å²) < 4.78 is 0. The number of halogens is 1. The van der Waals surface area contributed by atoms with Gasteiger partial charge in [0.15, 0.2) is 0 Å². The van der Waals surface area contributed by atoms with Crippen LogP contribution in [-0.2, 0) is 0 Å².